The smallest absolute Gasteiger partial charge is 0.335 e. The maximum Gasteiger partial charge on any atom is 0.335 e. The number of sulfonamides is 1. The number of nitrogens with zero attached hydrogens (tertiary/aromatic N) is 1. The number of carbonyl (C=O) groups excluding carboxylic acids is 1. The molecule has 0 amide bonds. The molecule has 0 unspecified atom stereocenters. The van der Waals surface area contributed by atoms with Crippen LogP contribution >= 0.6 is 0 Å². The first-order valence-electron chi connectivity index (χ1n) is 9.50. The summed E-state index contributed by atoms with van der Waals surface area (Å²) in [7, 11) is -2.55. The lowest BCUT2D eigenvalue weighted by molar-refractivity contribution is -0.136. The van der Waals surface area contributed by atoms with Crippen LogP contribution in [0, 0.1) is 6.92 Å². The largest absolute Gasteiger partial charge is 0.466 e. The molecule has 0 N–H and O–H groups in total. The lowest BCUT2D eigenvalue weighted by Crippen LogP contribution is -2.42. The molecule has 0 aliphatic carbocycles. The number of hydrogen-bond acceptors (Lipinski definition) is 4. The van der Waals surface area contributed by atoms with Crippen molar-refractivity contribution in [3.05, 3.63) is 77.5 Å². The van der Waals surface area contributed by atoms with Crippen LogP contribution in [0.4, 0.5) is 0 Å². The van der Waals surface area contributed by atoms with E-state index in [2.05, 4.69) is 0 Å². The minimum absolute atomic E-state index is 0.182. The fourth-order valence-electron chi connectivity index (χ4n) is 2.86. The van der Waals surface area contributed by atoms with Gasteiger partial charge in [-0.3, -0.25) is 4.31 Å². The molecule has 0 heterocycles. The average molecular weight is 416 g/mol. The fraction of sp³-hybridized carbons (Fsp3) is 0.348. The van der Waals surface area contributed by atoms with Crippen LogP contribution in [0.15, 0.2) is 71.3 Å². The van der Waals surface area contributed by atoms with Gasteiger partial charge < -0.3 is 4.74 Å². The van der Waals surface area contributed by atoms with Crippen molar-refractivity contribution in [2.24, 2.45) is 0 Å². The van der Waals surface area contributed by atoms with Crippen molar-refractivity contribution >= 4 is 16.0 Å². The van der Waals surface area contributed by atoms with E-state index in [1.807, 2.05) is 37.3 Å². The third-order valence-corrected chi connectivity index (χ3v) is 6.52. The van der Waals surface area contributed by atoms with E-state index in [4.69, 9.17) is 4.74 Å². The van der Waals surface area contributed by atoms with E-state index in [0.717, 1.165) is 11.1 Å². The molecule has 0 aromatic heterocycles. The number of methoxy groups -OCH3 is 1. The van der Waals surface area contributed by atoms with Crippen LogP contribution in [0.25, 0.3) is 0 Å². The zero-order valence-electron chi connectivity index (χ0n) is 17.7. The minimum atomic E-state index is -3.85. The van der Waals surface area contributed by atoms with Crippen molar-refractivity contribution in [3.63, 3.8) is 0 Å². The number of benzene rings is 2. The summed E-state index contributed by atoms with van der Waals surface area (Å²) >= 11 is 0. The van der Waals surface area contributed by atoms with Crippen molar-refractivity contribution in [3.8, 4) is 0 Å². The highest BCUT2D eigenvalue weighted by Gasteiger charge is 2.32. The molecule has 0 bridgehead atoms. The van der Waals surface area contributed by atoms with Gasteiger partial charge in [-0.1, -0.05) is 48.0 Å². The predicted octanol–water partition coefficient (Wildman–Crippen LogP) is 4.47. The molecule has 5 nitrogen and oxygen atoms in total. The molecule has 29 heavy (non-hydrogen) atoms. The molecular weight excluding hydrogens is 386 g/mol. The van der Waals surface area contributed by atoms with Crippen LogP contribution in [-0.4, -0.2) is 31.3 Å². The van der Waals surface area contributed by atoms with Crippen LogP contribution in [-0.2, 0) is 26.0 Å². The molecule has 0 spiro atoms. The molecule has 0 radical (unpaired) electrons. The molecule has 6 heteroatoms. The number of aryl methyl sites for hydroxylation is 2. The number of hydrogen-bond donors (Lipinski definition) is 0. The second-order valence-corrected chi connectivity index (χ2v) is 9.73. The molecule has 0 aliphatic rings. The lowest BCUT2D eigenvalue weighted by Gasteiger charge is -2.34. The Kier molecular flexibility index (Phi) is 7.25. The van der Waals surface area contributed by atoms with Crippen LogP contribution in [0.2, 0.25) is 0 Å². The van der Waals surface area contributed by atoms with E-state index in [0.29, 0.717) is 18.4 Å². The summed E-state index contributed by atoms with van der Waals surface area (Å²) in [6.45, 7) is 7.28. The van der Waals surface area contributed by atoms with Crippen molar-refractivity contribution in [2.75, 3.05) is 7.11 Å². The third-order valence-electron chi connectivity index (χ3n) is 4.49. The zero-order valence-corrected chi connectivity index (χ0v) is 18.5. The first-order valence-corrected chi connectivity index (χ1v) is 10.9. The third kappa shape index (κ3) is 5.94. The molecule has 0 saturated heterocycles. The molecule has 2 aromatic carbocycles. The second kappa shape index (κ2) is 9.27. The van der Waals surface area contributed by atoms with E-state index >= 15 is 0 Å². The zero-order chi connectivity index (χ0) is 21.7. The van der Waals surface area contributed by atoms with Crippen LogP contribution in [0.1, 0.15) is 38.3 Å². The number of carbonyl (C=O) groups is 1. The Morgan fingerprint density at radius 2 is 1.62 bits per heavy atom. The maximum atomic E-state index is 13.3. The van der Waals surface area contributed by atoms with Crippen LogP contribution in [0.3, 0.4) is 0 Å². The quantitative estimate of drug-likeness (QED) is 0.494. The van der Waals surface area contributed by atoms with Gasteiger partial charge in [-0.15, -0.1) is 0 Å². The van der Waals surface area contributed by atoms with Gasteiger partial charge in [0, 0.05) is 11.7 Å². The SMILES string of the molecule is COC(=O)/C(=C/N(C(C)(C)C)S(=O)(=O)c1ccc(C)cc1)CCc1ccccc1. The number of rotatable bonds is 7. The van der Waals surface area contributed by atoms with Gasteiger partial charge in [0.2, 0.25) is 0 Å². The normalized spacial score (nSPS) is 12.5. The Labute approximate surface area is 174 Å². The first kappa shape index (κ1) is 22.7. The van der Waals surface area contributed by atoms with E-state index < -0.39 is 21.5 Å². The summed E-state index contributed by atoms with van der Waals surface area (Å²) in [4.78, 5) is 12.6. The van der Waals surface area contributed by atoms with Crippen molar-refractivity contribution in [1.82, 2.24) is 4.31 Å². The molecule has 2 rings (SSSR count). The first-order chi connectivity index (χ1) is 13.6. The molecule has 0 fully saturated rings. The Bertz CT molecular complexity index is 956. The summed E-state index contributed by atoms with van der Waals surface area (Å²) in [5, 5.41) is 0. The van der Waals surface area contributed by atoms with Gasteiger partial charge in [0.15, 0.2) is 0 Å². The summed E-state index contributed by atoms with van der Waals surface area (Å²) in [6, 6.07) is 16.4. The van der Waals surface area contributed by atoms with Crippen LogP contribution in [0.5, 0.6) is 0 Å². The van der Waals surface area contributed by atoms with Gasteiger partial charge in [0.25, 0.3) is 10.0 Å². The summed E-state index contributed by atoms with van der Waals surface area (Å²) < 4.78 is 32.9. The highest BCUT2D eigenvalue weighted by Crippen LogP contribution is 2.27. The molecular formula is C23H29NO4S. The minimum Gasteiger partial charge on any atom is -0.466 e. The molecule has 0 atom stereocenters. The van der Waals surface area contributed by atoms with Crippen molar-refractivity contribution < 1.29 is 17.9 Å². The summed E-state index contributed by atoms with van der Waals surface area (Å²) in [5.74, 6) is -0.533. The van der Waals surface area contributed by atoms with Gasteiger partial charge in [-0.05, 0) is 58.2 Å². The van der Waals surface area contributed by atoms with Gasteiger partial charge in [-0.25, -0.2) is 13.2 Å². The summed E-state index contributed by atoms with van der Waals surface area (Å²) in [6.07, 6.45) is 2.39. The average Bonchev–Trinajstić information content (AvgIpc) is 2.67. The standard InChI is InChI=1S/C23H29NO4S/c1-18-11-15-21(16-12-18)29(26,27)24(23(2,3)4)17-20(22(25)28-5)14-13-19-9-7-6-8-10-19/h6-12,15-17H,13-14H2,1-5H3/b20-17+. The van der Waals surface area contributed by atoms with E-state index in [1.54, 1.807) is 45.0 Å². The number of ether oxygens (including phenoxy) is 1. The van der Waals surface area contributed by atoms with E-state index in [1.165, 1.54) is 17.6 Å². The Morgan fingerprint density at radius 3 is 2.14 bits per heavy atom. The highest BCUT2D eigenvalue weighted by atomic mass is 32.2. The topological polar surface area (TPSA) is 63.7 Å². The van der Waals surface area contributed by atoms with Gasteiger partial charge >= 0.3 is 5.97 Å². The Hall–Kier alpha value is -2.60. The van der Waals surface area contributed by atoms with Crippen LogP contribution < -0.4 is 0 Å². The molecule has 0 aliphatic heterocycles. The fourth-order valence-corrected chi connectivity index (χ4v) is 4.56. The molecule has 156 valence electrons. The molecule has 2 aromatic rings. The molecule has 0 saturated carbocycles. The Morgan fingerprint density at radius 1 is 1.03 bits per heavy atom. The monoisotopic (exact) mass is 415 g/mol. The van der Waals surface area contributed by atoms with E-state index in [-0.39, 0.29) is 4.90 Å². The van der Waals surface area contributed by atoms with Crippen molar-refractivity contribution in [2.45, 2.75) is 51.0 Å². The summed E-state index contributed by atoms with van der Waals surface area (Å²) in [5.41, 5.74) is 1.57. The van der Waals surface area contributed by atoms with Crippen molar-refractivity contribution in [1.29, 1.82) is 0 Å². The Balaban J connectivity index is 2.45. The number of esters is 1. The lowest BCUT2D eigenvalue weighted by atomic mass is 10.0. The second-order valence-electron chi connectivity index (χ2n) is 7.92. The predicted molar refractivity (Wildman–Crippen MR) is 115 cm³/mol. The van der Waals surface area contributed by atoms with Gasteiger partial charge in [0.05, 0.1) is 17.6 Å². The maximum absolute atomic E-state index is 13.3. The van der Waals surface area contributed by atoms with Gasteiger partial charge in [-0.2, -0.15) is 0 Å². The highest BCUT2D eigenvalue weighted by molar-refractivity contribution is 7.89. The van der Waals surface area contributed by atoms with Gasteiger partial charge in [0.1, 0.15) is 0 Å². The van der Waals surface area contributed by atoms with E-state index in [9.17, 15) is 13.2 Å².